The molecule has 20 heavy (non-hydrogen) atoms. The highest BCUT2D eigenvalue weighted by Gasteiger charge is 2.74. The number of hydrogen-bond acceptors (Lipinski definition) is 3. The zero-order valence-corrected chi connectivity index (χ0v) is 12.3. The average Bonchev–Trinajstić information content (AvgIpc) is 3.19. The number of anilines is 1. The van der Waals surface area contributed by atoms with Crippen molar-refractivity contribution in [3.63, 3.8) is 0 Å². The van der Waals surface area contributed by atoms with Crippen LogP contribution in [0.3, 0.4) is 0 Å². The molecule has 1 amide bonds. The van der Waals surface area contributed by atoms with Crippen LogP contribution >= 0.6 is 11.8 Å². The Bertz CT molecular complexity index is 640. The molecule has 2 heterocycles. The van der Waals surface area contributed by atoms with E-state index in [1.54, 1.807) is 10.6 Å². The number of thioether (sulfide) groups is 1. The molecule has 1 saturated heterocycles. The summed E-state index contributed by atoms with van der Waals surface area (Å²) in [6.07, 6.45) is 4.99. The predicted molar refractivity (Wildman–Crippen MR) is 80.2 cm³/mol. The van der Waals surface area contributed by atoms with Crippen LogP contribution in [-0.2, 0) is 4.79 Å². The highest BCUT2D eigenvalue weighted by Crippen LogP contribution is 2.75. The van der Waals surface area contributed by atoms with Crippen molar-refractivity contribution in [2.75, 3.05) is 16.8 Å². The number of aromatic nitrogens is 1. The SMILES string of the molecule is Cc1cc(=O)n(C2CCSC2)cc1NC(=O)C12CC1C2. The van der Waals surface area contributed by atoms with Crippen molar-refractivity contribution < 1.29 is 4.79 Å². The average molecular weight is 290 g/mol. The van der Waals surface area contributed by atoms with Crippen LogP contribution in [0.2, 0.25) is 0 Å². The van der Waals surface area contributed by atoms with Crippen molar-refractivity contribution in [1.29, 1.82) is 0 Å². The second-order valence-corrected chi connectivity index (χ2v) is 7.50. The summed E-state index contributed by atoms with van der Waals surface area (Å²) in [6, 6.07) is 1.92. The summed E-state index contributed by atoms with van der Waals surface area (Å²) in [6.45, 7) is 1.89. The van der Waals surface area contributed by atoms with Crippen LogP contribution in [0.5, 0.6) is 0 Å². The van der Waals surface area contributed by atoms with Crippen LogP contribution in [-0.4, -0.2) is 22.0 Å². The zero-order chi connectivity index (χ0) is 13.9. The molecule has 1 atom stereocenters. The lowest BCUT2D eigenvalue weighted by Crippen LogP contribution is -2.26. The van der Waals surface area contributed by atoms with Crippen molar-refractivity contribution in [3.05, 3.63) is 28.2 Å². The molecular formula is C15H18N2O2S. The first-order chi connectivity index (χ1) is 9.60. The number of fused-ring (bicyclic) bond motifs is 1. The summed E-state index contributed by atoms with van der Waals surface area (Å²) >= 11 is 1.88. The smallest absolute Gasteiger partial charge is 0.251 e. The Labute approximate surface area is 121 Å². The summed E-state index contributed by atoms with van der Waals surface area (Å²) in [5, 5.41) is 3.04. The highest BCUT2D eigenvalue weighted by molar-refractivity contribution is 7.99. The Kier molecular flexibility index (Phi) is 2.58. The van der Waals surface area contributed by atoms with E-state index in [1.807, 2.05) is 24.9 Å². The van der Waals surface area contributed by atoms with Crippen LogP contribution in [0.1, 0.15) is 30.9 Å². The van der Waals surface area contributed by atoms with E-state index in [-0.39, 0.29) is 22.9 Å². The molecule has 1 N–H and O–H groups in total. The van der Waals surface area contributed by atoms with Crippen molar-refractivity contribution in [2.45, 2.75) is 32.2 Å². The topological polar surface area (TPSA) is 51.1 Å². The minimum Gasteiger partial charge on any atom is -0.324 e. The maximum atomic E-state index is 12.2. The number of carbonyl (C=O) groups is 1. The van der Waals surface area contributed by atoms with Gasteiger partial charge in [-0.05, 0) is 43.4 Å². The minimum absolute atomic E-state index is 0.0311. The molecule has 0 spiro atoms. The molecule has 3 aliphatic rings. The Morgan fingerprint density at radius 2 is 2.25 bits per heavy atom. The molecule has 0 bridgehead atoms. The van der Waals surface area contributed by atoms with Gasteiger partial charge in [0.25, 0.3) is 5.56 Å². The summed E-state index contributed by atoms with van der Waals surface area (Å²) in [4.78, 5) is 24.3. The van der Waals surface area contributed by atoms with Gasteiger partial charge < -0.3 is 9.88 Å². The maximum absolute atomic E-state index is 12.2. The van der Waals surface area contributed by atoms with Crippen molar-refractivity contribution in [3.8, 4) is 0 Å². The third kappa shape index (κ3) is 1.83. The van der Waals surface area contributed by atoms with Gasteiger partial charge in [-0.2, -0.15) is 11.8 Å². The second-order valence-electron chi connectivity index (χ2n) is 6.35. The van der Waals surface area contributed by atoms with Gasteiger partial charge in [0, 0.05) is 24.1 Å². The predicted octanol–water partition coefficient (Wildman–Crippen LogP) is 2.18. The normalized spacial score (nSPS) is 33.6. The second kappa shape index (κ2) is 4.13. The van der Waals surface area contributed by atoms with Gasteiger partial charge in [-0.25, -0.2) is 0 Å². The van der Waals surface area contributed by atoms with Gasteiger partial charge in [-0.1, -0.05) is 0 Å². The number of aryl methyl sites for hydroxylation is 1. The van der Waals surface area contributed by atoms with Gasteiger partial charge in [-0.3, -0.25) is 9.59 Å². The van der Waals surface area contributed by atoms with Gasteiger partial charge in [0.05, 0.1) is 11.1 Å². The van der Waals surface area contributed by atoms with E-state index in [0.717, 1.165) is 42.0 Å². The van der Waals surface area contributed by atoms with Crippen LogP contribution < -0.4 is 10.9 Å². The first kappa shape index (κ1) is 12.5. The molecule has 2 aliphatic carbocycles. The van der Waals surface area contributed by atoms with E-state index in [1.165, 1.54) is 0 Å². The molecule has 3 fully saturated rings. The van der Waals surface area contributed by atoms with Crippen LogP contribution in [0.15, 0.2) is 17.1 Å². The van der Waals surface area contributed by atoms with E-state index in [4.69, 9.17) is 0 Å². The number of rotatable bonds is 3. The zero-order valence-electron chi connectivity index (χ0n) is 11.5. The van der Waals surface area contributed by atoms with E-state index in [2.05, 4.69) is 5.32 Å². The monoisotopic (exact) mass is 290 g/mol. The van der Waals surface area contributed by atoms with Crippen LogP contribution in [0.4, 0.5) is 5.69 Å². The lowest BCUT2D eigenvalue weighted by molar-refractivity contribution is -0.119. The van der Waals surface area contributed by atoms with Crippen molar-refractivity contribution in [1.82, 2.24) is 4.57 Å². The van der Waals surface area contributed by atoms with Crippen molar-refractivity contribution >= 4 is 23.4 Å². The van der Waals surface area contributed by atoms with Gasteiger partial charge in [0.2, 0.25) is 5.91 Å². The largest absolute Gasteiger partial charge is 0.324 e. The number of hydrogen-bond donors (Lipinski definition) is 1. The number of carbonyl (C=O) groups excluding carboxylic acids is 1. The van der Waals surface area contributed by atoms with E-state index in [9.17, 15) is 9.59 Å². The fourth-order valence-corrected chi connectivity index (χ4v) is 4.32. The highest BCUT2D eigenvalue weighted by atomic mass is 32.2. The summed E-state index contributed by atoms with van der Waals surface area (Å²) in [5.74, 6) is 2.89. The molecule has 2 saturated carbocycles. The number of nitrogens with one attached hydrogen (secondary N) is 1. The lowest BCUT2D eigenvalue weighted by atomic mass is 10.1. The number of nitrogens with zero attached hydrogens (tertiary/aromatic N) is 1. The van der Waals surface area contributed by atoms with E-state index < -0.39 is 0 Å². The van der Waals surface area contributed by atoms with E-state index in [0.29, 0.717) is 5.92 Å². The molecule has 4 rings (SSSR count). The number of amides is 1. The molecule has 1 aromatic heterocycles. The molecule has 106 valence electrons. The Morgan fingerprint density at radius 3 is 2.85 bits per heavy atom. The third-order valence-electron chi connectivity index (χ3n) is 4.97. The Hall–Kier alpha value is -1.23. The van der Waals surface area contributed by atoms with Crippen molar-refractivity contribution in [2.24, 2.45) is 11.3 Å². The first-order valence-corrected chi connectivity index (χ1v) is 8.38. The first-order valence-electron chi connectivity index (χ1n) is 7.22. The van der Waals surface area contributed by atoms with Crippen LogP contribution in [0.25, 0.3) is 0 Å². The van der Waals surface area contributed by atoms with Gasteiger partial charge in [0.15, 0.2) is 0 Å². The quantitative estimate of drug-likeness (QED) is 0.928. The molecule has 0 radical (unpaired) electrons. The summed E-state index contributed by atoms with van der Waals surface area (Å²) in [5.41, 5.74) is 1.68. The number of pyridine rings is 1. The van der Waals surface area contributed by atoms with Gasteiger partial charge >= 0.3 is 0 Å². The van der Waals surface area contributed by atoms with Crippen LogP contribution in [0, 0.1) is 18.3 Å². The molecule has 0 aromatic carbocycles. The lowest BCUT2D eigenvalue weighted by Gasteiger charge is -2.17. The summed E-state index contributed by atoms with van der Waals surface area (Å²) in [7, 11) is 0. The maximum Gasteiger partial charge on any atom is 0.251 e. The van der Waals surface area contributed by atoms with E-state index >= 15 is 0 Å². The molecule has 5 heteroatoms. The molecule has 1 aromatic rings. The fraction of sp³-hybridized carbons (Fsp3) is 0.600. The molecular weight excluding hydrogens is 272 g/mol. The Morgan fingerprint density at radius 1 is 1.50 bits per heavy atom. The molecule has 1 aliphatic heterocycles. The minimum atomic E-state index is -0.0311. The Balaban J connectivity index is 1.62. The molecule has 4 nitrogen and oxygen atoms in total. The van der Waals surface area contributed by atoms with Gasteiger partial charge in [0.1, 0.15) is 0 Å². The molecule has 1 unspecified atom stereocenters. The summed E-state index contributed by atoms with van der Waals surface area (Å²) < 4.78 is 1.80. The fourth-order valence-electron chi connectivity index (χ4n) is 3.12. The third-order valence-corrected chi connectivity index (χ3v) is 6.11. The standard InChI is InChI=1S/C15H18N2O2S/c1-9-4-13(18)17(11-2-3-20-8-11)7-12(9)16-14(19)15-5-10(15)6-15/h4,7,10-11H,2-3,5-6,8H2,1H3,(H,16,19). The van der Waals surface area contributed by atoms with Gasteiger partial charge in [-0.15, -0.1) is 0 Å².